The van der Waals surface area contributed by atoms with Crippen molar-refractivity contribution < 1.29 is 14.6 Å². The Bertz CT molecular complexity index is 619. The lowest BCUT2D eigenvalue weighted by atomic mass is 10.1. The van der Waals surface area contributed by atoms with Gasteiger partial charge in [-0.05, 0) is 49.8 Å². The van der Waals surface area contributed by atoms with Gasteiger partial charge in [-0.15, -0.1) is 0 Å². The summed E-state index contributed by atoms with van der Waals surface area (Å²) in [5.74, 6) is -0.173. The third kappa shape index (κ3) is 3.97. The molecule has 0 aliphatic carbocycles. The van der Waals surface area contributed by atoms with Crippen LogP contribution in [0.3, 0.4) is 0 Å². The van der Waals surface area contributed by atoms with Gasteiger partial charge >= 0.3 is 0 Å². The van der Waals surface area contributed by atoms with Gasteiger partial charge in [-0.3, -0.25) is 9.69 Å². The molecule has 0 radical (unpaired) electrons. The van der Waals surface area contributed by atoms with Crippen molar-refractivity contribution in [1.82, 2.24) is 10.2 Å². The van der Waals surface area contributed by atoms with E-state index < -0.39 is 0 Å². The van der Waals surface area contributed by atoms with Crippen LogP contribution in [0.25, 0.3) is 6.08 Å². The molecule has 0 unspecified atom stereocenters. The molecule has 0 atom stereocenters. The highest BCUT2D eigenvalue weighted by atomic mass is 35.5. The van der Waals surface area contributed by atoms with Crippen LogP contribution in [0, 0.1) is 0 Å². The van der Waals surface area contributed by atoms with Crippen LogP contribution in [-0.4, -0.2) is 40.8 Å². The van der Waals surface area contributed by atoms with E-state index in [1.807, 2.05) is 6.92 Å². The van der Waals surface area contributed by atoms with Gasteiger partial charge in [0.2, 0.25) is 0 Å². The van der Waals surface area contributed by atoms with Crippen molar-refractivity contribution in [3.8, 4) is 5.75 Å². The number of rotatable bonds is 6. The summed E-state index contributed by atoms with van der Waals surface area (Å²) in [6.07, 6.45) is 2.25. The van der Waals surface area contributed by atoms with Gasteiger partial charge in [-0.1, -0.05) is 11.6 Å². The second-order valence-corrected chi connectivity index (χ2v) is 5.52. The smallest absolute Gasteiger partial charge is 0.276 e. The first kappa shape index (κ1) is 16.7. The Morgan fingerprint density at radius 2 is 2.27 bits per heavy atom. The highest BCUT2D eigenvalue weighted by Crippen LogP contribution is 2.25. The maximum absolute atomic E-state index is 12.3. The first-order valence-electron chi connectivity index (χ1n) is 6.93. The monoisotopic (exact) mass is 340 g/mol. The van der Waals surface area contributed by atoms with Gasteiger partial charge in [0.1, 0.15) is 11.4 Å². The molecule has 0 bridgehead atoms. The third-order valence-corrected chi connectivity index (χ3v) is 3.68. The van der Waals surface area contributed by atoms with E-state index in [0.29, 0.717) is 47.6 Å². The minimum atomic E-state index is -0.221. The number of phenols is 1. The number of ether oxygens (including phenoxy) is 1. The Morgan fingerprint density at radius 1 is 1.50 bits per heavy atom. The average Bonchev–Trinajstić information content (AvgIpc) is 2.74. The molecule has 1 fully saturated rings. The third-order valence-electron chi connectivity index (χ3n) is 3.13. The van der Waals surface area contributed by atoms with Crippen LogP contribution in [0.2, 0.25) is 5.02 Å². The molecule has 2 N–H and O–H groups in total. The second kappa shape index (κ2) is 7.58. The first-order valence-corrected chi connectivity index (χ1v) is 7.72. The van der Waals surface area contributed by atoms with Crippen molar-refractivity contribution in [1.29, 1.82) is 0 Å². The molecule has 1 amide bonds. The van der Waals surface area contributed by atoms with E-state index >= 15 is 0 Å². The number of carbonyl (C=O) groups excluding carboxylic acids is 1. The molecular formula is C15H17ClN2O3S. The van der Waals surface area contributed by atoms with E-state index in [2.05, 4.69) is 5.32 Å². The lowest BCUT2D eigenvalue weighted by Gasteiger charge is -2.13. The molecule has 1 aliphatic heterocycles. The average molecular weight is 341 g/mol. The number of benzene rings is 1. The number of thiocarbonyl (C=S) groups is 1. The Balaban J connectivity index is 2.10. The molecule has 7 heteroatoms. The van der Waals surface area contributed by atoms with Crippen LogP contribution in [-0.2, 0) is 9.53 Å². The summed E-state index contributed by atoms with van der Waals surface area (Å²) in [5, 5.41) is 13.5. The summed E-state index contributed by atoms with van der Waals surface area (Å²) in [5.41, 5.74) is 0.779. The van der Waals surface area contributed by atoms with Gasteiger partial charge in [0.05, 0.1) is 0 Å². The molecule has 1 aromatic rings. The number of phenolic OH excluding ortho intramolecular Hbond substituents is 1. The normalized spacial score (nSPS) is 16.5. The summed E-state index contributed by atoms with van der Waals surface area (Å²) in [7, 11) is 0. The summed E-state index contributed by atoms with van der Waals surface area (Å²) < 4.78 is 5.25. The quantitative estimate of drug-likeness (QED) is 0.473. The van der Waals surface area contributed by atoms with Crippen LogP contribution in [0.4, 0.5) is 0 Å². The second-order valence-electron chi connectivity index (χ2n) is 4.70. The van der Waals surface area contributed by atoms with Gasteiger partial charge in [0.15, 0.2) is 5.11 Å². The van der Waals surface area contributed by atoms with Gasteiger partial charge in [-0.25, -0.2) is 0 Å². The van der Waals surface area contributed by atoms with Crippen molar-refractivity contribution in [3.63, 3.8) is 0 Å². The SMILES string of the molecule is CCOCCCN1C(=O)/C(=C\c2cc(Cl)ccc2O)NC1=S. The molecule has 118 valence electrons. The Hall–Kier alpha value is -1.63. The van der Waals surface area contributed by atoms with Gasteiger partial charge in [-0.2, -0.15) is 0 Å². The van der Waals surface area contributed by atoms with Crippen LogP contribution in [0.15, 0.2) is 23.9 Å². The van der Waals surface area contributed by atoms with Gasteiger partial charge in [0.25, 0.3) is 5.91 Å². The van der Waals surface area contributed by atoms with E-state index in [1.165, 1.54) is 11.0 Å². The van der Waals surface area contributed by atoms with Crippen molar-refractivity contribution in [3.05, 3.63) is 34.5 Å². The van der Waals surface area contributed by atoms with E-state index in [-0.39, 0.29) is 11.7 Å². The predicted octanol–water partition coefficient (Wildman–Crippen LogP) is 2.53. The number of hydrogen-bond donors (Lipinski definition) is 2. The van der Waals surface area contributed by atoms with Crippen molar-refractivity contribution in [2.45, 2.75) is 13.3 Å². The van der Waals surface area contributed by atoms with Crippen molar-refractivity contribution >= 4 is 40.9 Å². The molecule has 1 aliphatic rings. The number of nitrogens with zero attached hydrogens (tertiary/aromatic N) is 1. The molecule has 0 aromatic heterocycles. The van der Waals surface area contributed by atoms with Gasteiger partial charge < -0.3 is 15.2 Å². The zero-order valence-electron chi connectivity index (χ0n) is 12.1. The summed E-state index contributed by atoms with van der Waals surface area (Å²) in [6, 6.07) is 4.64. The molecule has 22 heavy (non-hydrogen) atoms. The zero-order chi connectivity index (χ0) is 16.1. The lowest BCUT2D eigenvalue weighted by Crippen LogP contribution is -2.32. The number of hydrogen-bond acceptors (Lipinski definition) is 4. The molecule has 1 aromatic carbocycles. The number of halogens is 1. The van der Waals surface area contributed by atoms with Crippen molar-refractivity contribution in [2.24, 2.45) is 0 Å². The number of carbonyl (C=O) groups is 1. The highest BCUT2D eigenvalue weighted by molar-refractivity contribution is 7.80. The summed E-state index contributed by atoms with van der Waals surface area (Å²) >= 11 is 11.1. The minimum absolute atomic E-state index is 0.0483. The molecule has 0 saturated carbocycles. The van der Waals surface area contributed by atoms with E-state index in [1.54, 1.807) is 18.2 Å². The Labute approximate surface area is 139 Å². The maximum atomic E-state index is 12.3. The van der Waals surface area contributed by atoms with E-state index in [0.717, 1.165) is 0 Å². The Kier molecular flexibility index (Phi) is 5.76. The molecule has 2 rings (SSSR count). The fourth-order valence-electron chi connectivity index (χ4n) is 2.04. The van der Waals surface area contributed by atoms with Gasteiger partial charge in [0, 0.05) is 30.3 Å². The molecule has 0 spiro atoms. The van der Waals surface area contributed by atoms with Crippen LogP contribution >= 0.6 is 23.8 Å². The van der Waals surface area contributed by atoms with Crippen LogP contribution < -0.4 is 5.32 Å². The zero-order valence-corrected chi connectivity index (χ0v) is 13.7. The fraction of sp³-hybridized carbons (Fsp3) is 0.333. The van der Waals surface area contributed by atoms with Crippen LogP contribution in [0.1, 0.15) is 18.9 Å². The summed E-state index contributed by atoms with van der Waals surface area (Å²) in [6.45, 7) is 3.64. The fourth-order valence-corrected chi connectivity index (χ4v) is 2.50. The van der Waals surface area contributed by atoms with Crippen molar-refractivity contribution in [2.75, 3.05) is 19.8 Å². The van der Waals surface area contributed by atoms with E-state index in [4.69, 9.17) is 28.6 Å². The van der Waals surface area contributed by atoms with Crippen LogP contribution in [0.5, 0.6) is 5.75 Å². The number of aromatic hydroxyl groups is 1. The molecule has 5 nitrogen and oxygen atoms in total. The molecular weight excluding hydrogens is 324 g/mol. The Morgan fingerprint density at radius 3 is 3.00 bits per heavy atom. The first-order chi connectivity index (χ1) is 10.5. The largest absolute Gasteiger partial charge is 0.507 e. The highest BCUT2D eigenvalue weighted by Gasteiger charge is 2.30. The number of nitrogens with one attached hydrogen (secondary N) is 1. The van der Waals surface area contributed by atoms with E-state index in [9.17, 15) is 9.90 Å². The number of amides is 1. The minimum Gasteiger partial charge on any atom is -0.507 e. The molecule has 1 heterocycles. The summed E-state index contributed by atoms with van der Waals surface area (Å²) in [4.78, 5) is 13.8. The molecule has 1 saturated heterocycles. The predicted molar refractivity (Wildman–Crippen MR) is 89.7 cm³/mol. The maximum Gasteiger partial charge on any atom is 0.276 e. The lowest BCUT2D eigenvalue weighted by molar-refractivity contribution is -0.122. The standard InChI is InChI=1S/C15H17ClN2O3S/c1-2-21-7-3-6-18-14(20)12(17-15(18)22)9-10-8-11(16)4-5-13(10)19/h4-5,8-9,19H,2-3,6-7H2,1H3,(H,17,22)/b12-9+. The topological polar surface area (TPSA) is 61.8 Å².